The topological polar surface area (TPSA) is 59.3 Å². The summed E-state index contributed by atoms with van der Waals surface area (Å²) in [6.07, 6.45) is 0. The lowest BCUT2D eigenvalue weighted by Crippen LogP contribution is -2.14. The van der Waals surface area contributed by atoms with Crippen LogP contribution in [0.15, 0.2) is 54.6 Å². The number of rotatable bonds is 5. The van der Waals surface area contributed by atoms with E-state index in [-0.39, 0.29) is 6.61 Å². The van der Waals surface area contributed by atoms with Gasteiger partial charge in [0.25, 0.3) is 0 Å². The van der Waals surface area contributed by atoms with Gasteiger partial charge in [-0.3, -0.25) is 4.79 Å². The van der Waals surface area contributed by atoms with E-state index in [4.69, 9.17) is 14.7 Å². The van der Waals surface area contributed by atoms with Crippen molar-refractivity contribution in [2.45, 2.75) is 12.8 Å². The number of benzene rings is 2. The molecule has 106 valence electrons. The molecule has 2 aromatic rings. The molecule has 0 heterocycles. The lowest BCUT2D eigenvalue weighted by Gasteiger charge is -2.11. The van der Waals surface area contributed by atoms with Crippen LogP contribution in [-0.4, -0.2) is 12.6 Å². The molecule has 2 aromatic carbocycles. The Bertz CT molecular complexity index is 647. The van der Waals surface area contributed by atoms with Gasteiger partial charge < -0.3 is 9.47 Å². The van der Waals surface area contributed by atoms with Crippen LogP contribution in [0.25, 0.3) is 0 Å². The van der Waals surface area contributed by atoms with Gasteiger partial charge in [0.1, 0.15) is 11.5 Å². The summed E-state index contributed by atoms with van der Waals surface area (Å²) in [5.74, 6) is -0.219. The summed E-state index contributed by atoms with van der Waals surface area (Å²) in [7, 11) is 0. The fraction of sp³-hybridized carbons (Fsp3) is 0.176. The van der Waals surface area contributed by atoms with Crippen LogP contribution in [0.4, 0.5) is 0 Å². The van der Waals surface area contributed by atoms with Crippen LogP contribution >= 0.6 is 0 Å². The summed E-state index contributed by atoms with van der Waals surface area (Å²) in [6.45, 7) is 1.96. The number of hydrogen-bond acceptors (Lipinski definition) is 4. The normalized spacial score (nSPS) is 11.2. The molecule has 0 fully saturated rings. The number of esters is 1. The van der Waals surface area contributed by atoms with Crippen LogP contribution in [0.2, 0.25) is 0 Å². The maximum atomic E-state index is 11.8. The molecule has 0 radical (unpaired) electrons. The molecule has 21 heavy (non-hydrogen) atoms. The lowest BCUT2D eigenvalue weighted by atomic mass is 10.0. The number of carbonyl (C=O) groups excluding carboxylic acids is 1. The highest BCUT2D eigenvalue weighted by Crippen LogP contribution is 2.25. The quantitative estimate of drug-likeness (QED) is 0.785. The van der Waals surface area contributed by atoms with Gasteiger partial charge in [0.05, 0.1) is 12.7 Å². The molecule has 0 aromatic heterocycles. The molecule has 4 nitrogen and oxygen atoms in total. The first-order chi connectivity index (χ1) is 10.2. The van der Waals surface area contributed by atoms with Gasteiger partial charge in [0, 0.05) is 0 Å². The van der Waals surface area contributed by atoms with E-state index in [9.17, 15) is 4.79 Å². The van der Waals surface area contributed by atoms with Crippen molar-refractivity contribution in [2.24, 2.45) is 0 Å². The summed E-state index contributed by atoms with van der Waals surface area (Å²) in [6, 6.07) is 18.2. The standard InChI is InChI=1S/C17H15NO3/c1-2-20-17(19)16(12-18)13-7-6-10-15(11-13)21-14-8-4-3-5-9-14/h3-11,16H,2H2,1H3. The average Bonchev–Trinajstić information content (AvgIpc) is 2.50. The first kappa shape index (κ1) is 14.6. The minimum absolute atomic E-state index is 0.247. The van der Waals surface area contributed by atoms with Gasteiger partial charge in [0.15, 0.2) is 5.92 Å². The summed E-state index contributed by atoms with van der Waals surface area (Å²) < 4.78 is 10.6. The summed E-state index contributed by atoms with van der Waals surface area (Å²) >= 11 is 0. The van der Waals surface area contributed by atoms with Crippen LogP contribution in [0.3, 0.4) is 0 Å². The van der Waals surface area contributed by atoms with E-state index in [0.29, 0.717) is 17.1 Å². The molecule has 0 aliphatic rings. The molecular weight excluding hydrogens is 266 g/mol. The summed E-state index contributed by atoms with van der Waals surface area (Å²) in [5, 5.41) is 9.17. The molecule has 0 N–H and O–H groups in total. The molecule has 0 saturated carbocycles. The van der Waals surface area contributed by atoms with Crippen LogP contribution in [0.1, 0.15) is 18.4 Å². The van der Waals surface area contributed by atoms with Gasteiger partial charge in [-0.15, -0.1) is 0 Å². The minimum atomic E-state index is -0.940. The third kappa shape index (κ3) is 3.83. The van der Waals surface area contributed by atoms with Gasteiger partial charge in [-0.25, -0.2) is 0 Å². The van der Waals surface area contributed by atoms with Crippen molar-refractivity contribution in [3.8, 4) is 17.6 Å². The molecule has 1 atom stereocenters. The zero-order valence-electron chi connectivity index (χ0n) is 11.7. The average molecular weight is 281 g/mol. The molecule has 4 heteroatoms. The van der Waals surface area contributed by atoms with E-state index in [1.165, 1.54) is 0 Å². The highest BCUT2D eigenvalue weighted by atomic mass is 16.5. The van der Waals surface area contributed by atoms with Gasteiger partial charge in [0.2, 0.25) is 0 Å². The van der Waals surface area contributed by atoms with Crippen molar-refractivity contribution < 1.29 is 14.3 Å². The van der Waals surface area contributed by atoms with Crippen LogP contribution < -0.4 is 4.74 Å². The Morgan fingerprint density at radius 3 is 2.52 bits per heavy atom. The molecule has 0 spiro atoms. The Labute approximate surface area is 123 Å². The van der Waals surface area contributed by atoms with Gasteiger partial charge in [-0.05, 0) is 36.8 Å². The zero-order valence-corrected chi connectivity index (χ0v) is 11.7. The first-order valence-electron chi connectivity index (χ1n) is 6.63. The van der Waals surface area contributed by atoms with Crippen molar-refractivity contribution in [2.75, 3.05) is 6.61 Å². The predicted molar refractivity (Wildman–Crippen MR) is 77.9 cm³/mol. The molecule has 0 aliphatic carbocycles. The van der Waals surface area contributed by atoms with E-state index < -0.39 is 11.9 Å². The largest absolute Gasteiger partial charge is 0.465 e. The number of nitrogens with zero attached hydrogens (tertiary/aromatic N) is 1. The number of carbonyl (C=O) groups is 1. The van der Waals surface area contributed by atoms with Crippen LogP contribution in [0, 0.1) is 11.3 Å². The third-order valence-corrected chi connectivity index (χ3v) is 2.82. The van der Waals surface area contributed by atoms with E-state index in [1.807, 2.05) is 36.4 Å². The van der Waals surface area contributed by atoms with Crippen LogP contribution in [-0.2, 0) is 9.53 Å². The Morgan fingerprint density at radius 2 is 1.86 bits per heavy atom. The second-order valence-corrected chi connectivity index (χ2v) is 4.30. The number of hydrogen-bond donors (Lipinski definition) is 0. The molecule has 0 saturated heterocycles. The van der Waals surface area contributed by atoms with E-state index >= 15 is 0 Å². The molecule has 0 aliphatic heterocycles. The predicted octanol–water partition coefficient (Wildman–Crippen LogP) is 3.65. The first-order valence-corrected chi connectivity index (χ1v) is 6.63. The molecule has 0 bridgehead atoms. The number of para-hydroxylation sites is 1. The number of ether oxygens (including phenoxy) is 2. The smallest absolute Gasteiger partial charge is 0.327 e. The Morgan fingerprint density at radius 1 is 1.14 bits per heavy atom. The van der Waals surface area contributed by atoms with E-state index in [2.05, 4.69) is 0 Å². The van der Waals surface area contributed by atoms with Crippen molar-refractivity contribution >= 4 is 5.97 Å². The van der Waals surface area contributed by atoms with Gasteiger partial charge in [-0.1, -0.05) is 30.3 Å². The van der Waals surface area contributed by atoms with E-state index in [0.717, 1.165) is 0 Å². The Balaban J connectivity index is 2.21. The second kappa shape index (κ2) is 7.11. The highest BCUT2D eigenvalue weighted by Gasteiger charge is 2.21. The van der Waals surface area contributed by atoms with Crippen molar-refractivity contribution in [1.82, 2.24) is 0 Å². The fourth-order valence-corrected chi connectivity index (χ4v) is 1.87. The van der Waals surface area contributed by atoms with E-state index in [1.54, 1.807) is 31.2 Å². The summed E-state index contributed by atoms with van der Waals surface area (Å²) in [4.78, 5) is 11.8. The minimum Gasteiger partial charge on any atom is -0.465 e. The Kier molecular flexibility index (Phi) is 4.94. The molecule has 1 unspecified atom stereocenters. The maximum Gasteiger partial charge on any atom is 0.327 e. The Hall–Kier alpha value is -2.80. The van der Waals surface area contributed by atoms with Crippen molar-refractivity contribution in [1.29, 1.82) is 5.26 Å². The van der Waals surface area contributed by atoms with Gasteiger partial charge >= 0.3 is 5.97 Å². The molecular formula is C17H15NO3. The third-order valence-electron chi connectivity index (χ3n) is 2.82. The highest BCUT2D eigenvalue weighted by molar-refractivity contribution is 5.81. The number of nitriles is 1. The lowest BCUT2D eigenvalue weighted by molar-refractivity contribution is -0.143. The van der Waals surface area contributed by atoms with Gasteiger partial charge in [-0.2, -0.15) is 5.26 Å². The van der Waals surface area contributed by atoms with Crippen molar-refractivity contribution in [3.63, 3.8) is 0 Å². The fourth-order valence-electron chi connectivity index (χ4n) is 1.87. The molecule has 0 amide bonds. The van der Waals surface area contributed by atoms with Crippen LogP contribution in [0.5, 0.6) is 11.5 Å². The maximum absolute atomic E-state index is 11.8. The monoisotopic (exact) mass is 281 g/mol. The van der Waals surface area contributed by atoms with Crippen molar-refractivity contribution in [3.05, 3.63) is 60.2 Å². The zero-order chi connectivity index (χ0) is 15.1. The summed E-state index contributed by atoms with van der Waals surface area (Å²) in [5.41, 5.74) is 0.560. The SMILES string of the molecule is CCOC(=O)C(C#N)c1cccc(Oc2ccccc2)c1. The molecule has 2 rings (SSSR count). The second-order valence-electron chi connectivity index (χ2n) is 4.30.